The van der Waals surface area contributed by atoms with Crippen molar-refractivity contribution in [1.29, 1.82) is 0 Å². The SMILES string of the molecule is CN=C(NCc1c(F)cccc1OC(F)F)N(C)CCc1ccc(OC)c(OC)c1.I. The summed E-state index contributed by atoms with van der Waals surface area (Å²) >= 11 is 0. The Labute approximate surface area is 197 Å². The number of nitrogens with zero attached hydrogens (tertiary/aromatic N) is 2. The van der Waals surface area contributed by atoms with Crippen molar-refractivity contribution in [1.82, 2.24) is 10.2 Å². The Morgan fingerprint density at radius 1 is 1.10 bits per heavy atom. The molecule has 0 aliphatic rings. The zero-order valence-corrected chi connectivity index (χ0v) is 20.2. The lowest BCUT2D eigenvalue weighted by Crippen LogP contribution is -2.39. The molecule has 0 unspecified atom stereocenters. The van der Waals surface area contributed by atoms with Crippen molar-refractivity contribution in [3.05, 3.63) is 53.3 Å². The molecule has 1 N–H and O–H groups in total. The lowest BCUT2D eigenvalue weighted by Gasteiger charge is -2.23. The van der Waals surface area contributed by atoms with E-state index in [1.807, 2.05) is 30.1 Å². The number of rotatable bonds is 9. The third-order valence-electron chi connectivity index (χ3n) is 4.47. The van der Waals surface area contributed by atoms with Gasteiger partial charge in [0, 0.05) is 32.7 Å². The minimum atomic E-state index is -3.03. The van der Waals surface area contributed by atoms with E-state index in [9.17, 15) is 13.2 Å². The van der Waals surface area contributed by atoms with E-state index >= 15 is 0 Å². The number of ether oxygens (including phenoxy) is 3. The van der Waals surface area contributed by atoms with E-state index in [2.05, 4.69) is 15.0 Å². The van der Waals surface area contributed by atoms with Gasteiger partial charge in [-0.3, -0.25) is 4.99 Å². The molecule has 10 heteroatoms. The summed E-state index contributed by atoms with van der Waals surface area (Å²) in [6.07, 6.45) is 0.691. The molecule has 0 amide bonds. The average molecular weight is 553 g/mol. The van der Waals surface area contributed by atoms with Crippen LogP contribution in [0.15, 0.2) is 41.4 Å². The highest BCUT2D eigenvalue weighted by Crippen LogP contribution is 2.27. The van der Waals surface area contributed by atoms with Crippen molar-refractivity contribution >= 4 is 29.9 Å². The van der Waals surface area contributed by atoms with Gasteiger partial charge in [-0.1, -0.05) is 12.1 Å². The number of nitrogens with one attached hydrogen (secondary N) is 1. The van der Waals surface area contributed by atoms with Crippen molar-refractivity contribution in [2.45, 2.75) is 19.6 Å². The van der Waals surface area contributed by atoms with Crippen LogP contribution in [0.1, 0.15) is 11.1 Å². The summed E-state index contributed by atoms with van der Waals surface area (Å²) in [6, 6.07) is 9.49. The molecule has 0 saturated carbocycles. The van der Waals surface area contributed by atoms with Gasteiger partial charge in [-0.05, 0) is 36.2 Å². The normalized spacial score (nSPS) is 11.0. The molecule has 31 heavy (non-hydrogen) atoms. The van der Waals surface area contributed by atoms with Crippen molar-refractivity contribution in [2.24, 2.45) is 4.99 Å². The van der Waals surface area contributed by atoms with Gasteiger partial charge in [0.2, 0.25) is 0 Å². The van der Waals surface area contributed by atoms with Crippen LogP contribution in [0.2, 0.25) is 0 Å². The van der Waals surface area contributed by atoms with E-state index in [4.69, 9.17) is 9.47 Å². The molecule has 2 rings (SSSR count). The minimum absolute atomic E-state index is 0. The number of likely N-dealkylation sites (N-methyl/N-ethyl adjacent to an activating group) is 1. The number of benzene rings is 2. The van der Waals surface area contributed by atoms with Crippen LogP contribution in [0.25, 0.3) is 0 Å². The largest absolute Gasteiger partial charge is 0.493 e. The first-order chi connectivity index (χ1) is 14.4. The Balaban J connectivity index is 0.00000480. The van der Waals surface area contributed by atoms with Crippen LogP contribution in [0.4, 0.5) is 13.2 Å². The van der Waals surface area contributed by atoms with Gasteiger partial charge in [0.05, 0.1) is 14.2 Å². The van der Waals surface area contributed by atoms with Gasteiger partial charge in [0.1, 0.15) is 11.6 Å². The molecule has 0 saturated heterocycles. The number of alkyl halides is 2. The third kappa shape index (κ3) is 7.67. The van der Waals surface area contributed by atoms with E-state index in [1.165, 1.54) is 18.2 Å². The average Bonchev–Trinajstić information content (AvgIpc) is 2.73. The first kappa shape index (κ1) is 26.7. The molecular weight excluding hydrogens is 526 g/mol. The van der Waals surface area contributed by atoms with Crippen LogP contribution in [0.3, 0.4) is 0 Å². The first-order valence-corrected chi connectivity index (χ1v) is 9.24. The lowest BCUT2D eigenvalue weighted by molar-refractivity contribution is -0.0506. The second-order valence-corrected chi connectivity index (χ2v) is 6.36. The highest BCUT2D eigenvalue weighted by Gasteiger charge is 2.15. The summed E-state index contributed by atoms with van der Waals surface area (Å²) in [5.74, 6) is 0.941. The van der Waals surface area contributed by atoms with Crippen molar-refractivity contribution in [2.75, 3.05) is 34.9 Å². The molecule has 0 aliphatic carbocycles. The molecule has 0 heterocycles. The van der Waals surface area contributed by atoms with Gasteiger partial charge in [0.25, 0.3) is 0 Å². The van der Waals surface area contributed by atoms with Gasteiger partial charge >= 0.3 is 6.61 Å². The molecule has 0 fully saturated rings. The number of methoxy groups -OCH3 is 2. The van der Waals surface area contributed by atoms with E-state index in [0.29, 0.717) is 30.4 Å². The van der Waals surface area contributed by atoms with E-state index < -0.39 is 12.4 Å². The zero-order valence-electron chi connectivity index (χ0n) is 17.8. The maximum absolute atomic E-state index is 14.1. The quantitative estimate of drug-likeness (QED) is 0.285. The fourth-order valence-electron chi connectivity index (χ4n) is 2.91. The highest BCUT2D eigenvalue weighted by molar-refractivity contribution is 14.0. The topological polar surface area (TPSA) is 55.3 Å². The van der Waals surface area contributed by atoms with Gasteiger partial charge in [-0.15, -0.1) is 24.0 Å². The molecule has 0 aromatic heterocycles. The summed E-state index contributed by atoms with van der Waals surface area (Å²) in [4.78, 5) is 6.02. The Morgan fingerprint density at radius 3 is 2.42 bits per heavy atom. The summed E-state index contributed by atoms with van der Waals surface area (Å²) < 4.78 is 54.2. The van der Waals surface area contributed by atoms with Crippen LogP contribution >= 0.6 is 24.0 Å². The highest BCUT2D eigenvalue weighted by atomic mass is 127. The predicted molar refractivity (Wildman–Crippen MR) is 125 cm³/mol. The Hall–Kier alpha value is -2.37. The predicted octanol–water partition coefficient (Wildman–Crippen LogP) is 4.31. The number of guanidine groups is 1. The maximum Gasteiger partial charge on any atom is 0.387 e. The van der Waals surface area contributed by atoms with Crippen molar-refractivity contribution < 1.29 is 27.4 Å². The molecule has 0 spiro atoms. The molecule has 2 aromatic rings. The second kappa shape index (κ2) is 13.1. The minimum Gasteiger partial charge on any atom is -0.493 e. The fraction of sp³-hybridized carbons (Fsp3) is 0.381. The van der Waals surface area contributed by atoms with Gasteiger partial charge < -0.3 is 24.4 Å². The van der Waals surface area contributed by atoms with Crippen molar-refractivity contribution in [3.8, 4) is 17.2 Å². The monoisotopic (exact) mass is 553 g/mol. The zero-order chi connectivity index (χ0) is 22.1. The molecule has 0 atom stereocenters. The number of hydrogen-bond donors (Lipinski definition) is 1. The Bertz CT molecular complexity index is 869. The molecule has 172 valence electrons. The summed E-state index contributed by atoms with van der Waals surface area (Å²) in [5.41, 5.74) is 1.05. The lowest BCUT2D eigenvalue weighted by atomic mass is 10.1. The second-order valence-electron chi connectivity index (χ2n) is 6.36. The standard InChI is InChI=1S/C21H26F3N3O3.HI/c1-25-21(26-13-15-16(22)6-5-7-17(15)30-20(23)24)27(2)11-10-14-8-9-18(28-3)19(12-14)29-4;/h5-9,12,20H,10-11,13H2,1-4H3,(H,25,26);1H. The van der Waals surface area contributed by atoms with Crippen LogP contribution < -0.4 is 19.5 Å². The summed E-state index contributed by atoms with van der Waals surface area (Å²) in [5, 5.41) is 2.98. The number of hydrogen-bond acceptors (Lipinski definition) is 4. The Kier molecular flexibility index (Phi) is 11.3. The van der Waals surface area contributed by atoms with E-state index in [0.717, 1.165) is 5.56 Å². The van der Waals surface area contributed by atoms with E-state index in [1.54, 1.807) is 21.3 Å². The maximum atomic E-state index is 14.1. The first-order valence-electron chi connectivity index (χ1n) is 9.24. The fourth-order valence-corrected chi connectivity index (χ4v) is 2.91. The number of aliphatic imine (C=N–C) groups is 1. The molecule has 0 aliphatic heterocycles. The molecule has 0 bridgehead atoms. The summed E-state index contributed by atoms with van der Waals surface area (Å²) in [6.45, 7) is -2.48. The van der Waals surface area contributed by atoms with Gasteiger partial charge in [-0.25, -0.2) is 4.39 Å². The van der Waals surface area contributed by atoms with Crippen molar-refractivity contribution in [3.63, 3.8) is 0 Å². The third-order valence-corrected chi connectivity index (χ3v) is 4.47. The summed E-state index contributed by atoms with van der Waals surface area (Å²) in [7, 11) is 6.57. The molecule has 6 nitrogen and oxygen atoms in total. The number of halogens is 4. The van der Waals surface area contributed by atoms with Crippen LogP contribution in [0, 0.1) is 5.82 Å². The molecule has 2 aromatic carbocycles. The molecular formula is C21H27F3IN3O3. The molecule has 0 radical (unpaired) electrons. The van der Waals surface area contributed by atoms with E-state index in [-0.39, 0.29) is 41.8 Å². The smallest absolute Gasteiger partial charge is 0.387 e. The van der Waals surface area contributed by atoms with Crippen LogP contribution in [-0.4, -0.2) is 52.3 Å². The Morgan fingerprint density at radius 2 is 1.81 bits per heavy atom. The van der Waals surface area contributed by atoms with Crippen LogP contribution in [0.5, 0.6) is 17.2 Å². The van der Waals surface area contributed by atoms with Crippen LogP contribution in [-0.2, 0) is 13.0 Å². The van der Waals surface area contributed by atoms with Gasteiger partial charge in [0.15, 0.2) is 17.5 Å². The van der Waals surface area contributed by atoms with Gasteiger partial charge in [-0.2, -0.15) is 8.78 Å².